The molecule has 0 atom stereocenters. The highest BCUT2D eigenvalue weighted by atomic mass is 32.2. The van der Waals surface area contributed by atoms with Gasteiger partial charge in [0.15, 0.2) is 9.84 Å². The van der Waals surface area contributed by atoms with Crippen molar-refractivity contribution in [2.24, 2.45) is 0 Å². The van der Waals surface area contributed by atoms with Gasteiger partial charge in [0.2, 0.25) is 5.91 Å². The third-order valence-electron chi connectivity index (χ3n) is 1.97. The quantitative estimate of drug-likeness (QED) is 0.861. The zero-order chi connectivity index (χ0) is 12.9. The lowest BCUT2D eigenvalue weighted by Crippen LogP contribution is -2.24. The van der Waals surface area contributed by atoms with Gasteiger partial charge >= 0.3 is 0 Å². The Morgan fingerprint density at radius 2 is 1.94 bits per heavy atom. The summed E-state index contributed by atoms with van der Waals surface area (Å²) in [6.07, 6.45) is 0. The van der Waals surface area contributed by atoms with E-state index in [1.54, 1.807) is 24.3 Å². The predicted octanol–water partition coefficient (Wildman–Crippen LogP) is 0.872. The van der Waals surface area contributed by atoms with Crippen molar-refractivity contribution >= 4 is 21.4 Å². The van der Waals surface area contributed by atoms with E-state index in [-0.39, 0.29) is 0 Å². The van der Waals surface area contributed by atoms with E-state index in [9.17, 15) is 13.2 Å². The van der Waals surface area contributed by atoms with E-state index in [0.717, 1.165) is 5.56 Å². The van der Waals surface area contributed by atoms with E-state index in [2.05, 4.69) is 5.32 Å². The second-order valence-electron chi connectivity index (χ2n) is 3.60. The molecule has 0 bridgehead atoms. The maximum Gasteiger partial charge on any atom is 0.239 e. The smallest absolute Gasteiger partial charge is 0.239 e. The normalized spacial score (nSPS) is 10.6. The van der Waals surface area contributed by atoms with E-state index >= 15 is 0 Å². The van der Waals surface area contributed by atoms with Crippen LogP contribution < -0.4 is 5.32 Å². The highest BCUT2D eigenvalue weighted by Gasteiger charge is 2.16. The summed E-state index contributed by atoms with van der Waals surface area (Å²) in [4.78, 5) is 11.4. The number of aryl methyl sites for hydroxylation is 1. The lowest BCUT2D eigenvalue weighted by molar-refractivity contribution is -0.113. The number of nitriles is 1. The number of sulfone groups is 1. The third kappa shape index (κ3) is 4.66. The SMILES string of the molecule is Cc1ccc(NC(=O)CS(=O)(=O)CC#N)cc1. The standard InChI is InChI=1S/C11H12N2O3S/c1-9-2-4-10(5-3-9)13-11(14)8-17(15,16)7-6-12/h2-5H,7-8H2,1H3,(H,13,14). The molecule has 1 aromatic rings. The molecule has 0 saturated heterocycles. The zero-order valence-electron chi connectivity index (χ0n) is 9.30. The first-order valence-electron chi connectivity index (χ1n) is 4.87. The van der Waals surface area contributed by atoms with Crippen molar-refractivity contribution < 1.29 is 13.2 Å². The lowest BCUT2D eigenvalue weighted by Gasteiger charge is -2.04. The number of carbonyl (C=O) groups excluding carboxylic acids is 1. The number of amides is 1. The van der Waals surface area contributed by atoms with Gasteiger partial charge in [0.25, 0.3) is 0 Å². The number of rotatable bonds is 4. The summed E-state index contributed by atoms with van der Waals surface area (Å²) < 4.78 is 22.4. The largest absolute Gasteiger partial charge is 0.325 e. The van der Waals surface area contributed by atoms with Crippen LogP contribution in [0.3, 0.4) is 0 Å². The van der Waals surface area contributed by atoms with Gasteiger partial charge in [-0.15, -0.1) is 0 Å². The van der Waals surface area contributed by atoms with Gasteiger partial charge in [-0.05, 0) is 19.1 Å². The summed E-state index contributed by atoms with van der Waals surface area (Å²) in [5.41, 5.74) is 1.58. The van der Waals surface area contributed by atoms with Crippen LogP contribution in [0.1, 0.15) is 5.56 Å². The number of anilines is 1. The Balaban J connectivity index is 2.62. The Morgan fingerprint density at radius 1 is 1.35 bits per heavy atom. The Morgan fingerprint density at radius 3 is 2.47 bits per heavy atom. The average molecular weight is 252 g/mol. The van der Waals surface area contributed by atoms with Crippen LogP contribution in [0.5, 0.6) is 0 Å². The van der Waals surface area contributed by atoms with E-state index in [4.69, 9.17) is 5.26 Å². The number of benzene rings is 1. The summed E-state index contributed by atoms with van der Waals surface area (Å²) in [5, 5.41) is 10.7. The fraction of sp³-hybridized carbons (Fsp3) is 0.273. The number of nitrogens with one attached hydrogen (secondary N) is 1. The van der Waals surface area contributed by atoms with E-state index in [0.29, 0.717) is 5.69 Å². The summed E-state index contributed by atoms with van der Waals surface area (Å²) in [6.45, 7) is 1.91. The van der Waals surface area contributed by atoms with Crippen molar-refractivity contribution in [2.45, 2.75) is 6.92 Å². The molecule has 0 aliphatic rings. The topological polar surface area (TPSA) is 87.0 Å². The predicted molar refractivity (Wildman–Crippen MR) is 64.1 cm³/mol. The average Bonchev–Trinajstić information content (AvgIpc) is 2.20. The molecular formula is C11H12N2O3S. The van der Waals surface area contributed by atoms with Crippen molar-refractivity contribution in [3.63, 3.8) is 0 Å². The van der Waals surface area contributed by atoms with Crippen molar-refractivity contribution in [3.05, 3.63) is 29.8 Å². The molecule has 5 nitrogen and oxygen atoms in total. The van der Waals surface area contributed by atoms with Gasteiger partial charge in [-0.1, -0.05) is 17.7 Å². The number of hydrogen-bond acceptors (Lipinski definition) is 4. The second-order valence-corrected chi connectivity index (χ2v) is 5.67. The monoisotopic (exact) mass is 252 g/mol. The highest BCUT2D eigenvalue weighted by Crippen LogP contribution is 2.08. The summed E-state index contributed by atoms with van der Waals surface area (Å²) >= 11 is 0. The molecule has 1 rings (SSSR count). The Labute approximate surface area is 100.0 Å². The van der Waals surface area contributed by atoms with Crippen LogP contribution in [0.15, 0.2) is 24.3 Å². The number of nitrogens with zero attached hydrogens (tertiary/aromatic N) is 1. The fourth-order valence-electron chi connectivity index (χ4n) is 1.18. The van der Waals surface area contributed by atoms with Crippen LogP contribution >= 0.6 is 0 Å². The Bertz CT molecular complexity index is 541. The van der Waals surface area contributed by atoms with Crippen molar-refractivity contribution in [3.8, 4) is 6.07 Å². The van der Waals surface area contributed by atoms with E-state index in [1.807, 2.05) is 6.92 Å². The molecule has 0 saturated carbocycles. The molecule has 0 unspecified atom stereocenters. The molecule has 17 heavy (non-hydrogen) atoms. The van der Waals surface area contributed by atoms with Gasteiger partial charge < -0.3 is 5.32 Å². The molecular weight excluding hydrogens is 240 g/mol. The van der Waals surface area contributed by atoms with Crippen molar-refractivity contribution in [1.29, 1.82) is 5.26 Å². The first-order valence-corrected chi connectivity index (χ1v) is 6.69. The van der Waals surface area contributed by atoms with Gasteiger partial charge in [-0.25, -0.2) is 8.42 Å². The van der Waals surface area contributed by atoms with Crippen LogP contribution in [0.2, 0.25) is 0 Å². The first kappa shape index (κ1) is 13.2. The maximum absolute atomic E-state index is 11.4. The molecule has 90 valence electrons. The molecule has 0 aliphatic heterocycles. The molecule has 0 spiro atoms. The maximum atomic E-state index is 11.4. The van der Waals surface area contributed by atoms with Gasteiger partial charge in [0.05, 0.1) is 6.07 Å². The summed E-state index contributed by atoms with van der Waals surface area (Å²) in [5.74, 6) is -1.95. The Hall–Kier alpha value is -1.87. The molecule has 0 aromatic heterocycles. The first-order chi connectivity index (χ1) is 7.93. The van der Waals surface area contributed by atoms with E-state index < -0.39 is 27.3 Å². The van der Waals surface area contributed by atoms with Gasteiger partial charge in [0, 0.05) is 5.69 Å². The molecule has 1 N–H and O–H groups in total. The molecule has 0 radical (unpaired) electrons. The Kier molecular flexibility index (Phi) is 4.24. The van der Waals surface area contributed by atoms with Crippen LogP contribution in [0.4, 0.5) is 5.69 Å². The minimum atomic E-state index is -3.63. The van der Waals surface area contributed by atoms with Gasteiger partial charge in [-0.2, -0.15) is 5.26 Å². The van der Waals surface area contributed by atoms with Crippen LogP contribution in [-0.2, 0) is 14.6 Å². The van der Waals surface area contributed by atoms with Gasteiger partial charge in [0.1, 0.15) is 11.5 Å². The van der Waals surface area contributed by atoms with Crippen LogP contribution in [0, 0.1) is 18.3 Å². The second kappa shape index (κ2) is 5.46. The van der Waals surface area contributed by atoms with Gasteiger partial charge in [-0.3, -0.25) is 4.79 Å². The fourth-order valence-corrected chi connectivity index (χ4v) is 1.95. The molecule has 0 heterocycles. The molecule has 0 aliphatic carbocycles. The molecule has 0 fully saturated rings. The lowest BCUT2D eigenvalue weighted by atomic mass is 10.2. The summed E-state index contributed by atoms with van der Waals surface area (Å²) in [7, 11) is -3.63. The number of carbonyl (C=O) groups is 1. The zero-order valence-corrected chi connectivity index (χ0v) is 10.1. The minimum Gasteiger partial charge on any atom is -0.325 e. The highest BCUT2D eigenvalue weighted by molar-refractivity contribution is 7.92. The molecule has 1 amide bonds. The van der Waals surface area contributed by atoms with Crippen LogP contribution in [0.25, 0.3) is 0 Å². The molecule has 6 heteroatoms. The third-order valence-corrected chi connectivity index (χ3v) is 3.24. The minimum absolute atomic E-state index is 0.535. The number of hydrogen-bond donors (Lipinski definition) is 1. The van der Waals surface area contributed by atoms with Crippen molar-refractivity contribution in [2.75, 3.05) is 16.8 Å². The summed E-state index contributed by atoms with van der Waals surface area (Å²) in [6, 6.07) is 8.50. The molecule has 1 aromatic carbocycles. The van der Waals surface area contributed by atoms with Crippen molar-refractivity contribution in [1.82, 2.24) is 0 Å². The van der Waals surface area contributed by atoms with Crippen LogP contribution in [-0.4, -0.2) is 25.8 Å². The van der Waals surface area contributed by atoms with E-state index in [1.165, 1.54) is 6.07 Å².